The van der Waals surface area contributed by atoms with Crippen LogP contribution in [0.15, 0.2) is 12.1 Å². The van der Waals surface area contributed by atoms with Crippen molar-refractivity contribution >= 4 is 16.6 Å². The van der Waals surface area contributed by atoms with E-state index in [0.29, 0.717) is 18.2 Å². The molecular formula is C12H12F3N3. The Balaban J connectivity index is 2.82. The van der Waals surface area contributed by atoms with Gasteiger partial charge >= 0.3 is 0 Å². The van der Waals surface area contributed by atoms with Gasteiger partial charge in [-0.15, -0.1) is 0 Å². The average Bonchev–Trinajstić information content (AvgIpc) is 2.35. The molecule has 0 aliphatic heterocycles. The van der Waals surface area contributed by atoms with E-state index in [2.05, 4.69) is 10.4 Å². The van der Waals surface area contributed by atoms with Gasteiger partial charge < -0.3 is 5.43 Å². The van der Waals surface area contributed by atoms with E-state index in [-0.39, 0.29) is 16.6 Å². The summed E-state index contributed by atoms with van der Waals surface area (Å²) < 4.78 is 40.5. The van der Waals surface area contributed by atoms with Crippen molar-refractivity contribution in [2.24, 2.45) is 5.84 Å². The van der Waals surface area contributed by atoms with E-state index in [1.807, 2.05) is 6.92 Å². The fourth-order valence-corrected chi connectivity index (χ4v) is 1.85. The molecular weight excluding hydrogens is 243 g/mol. The summed E-state index contributed by atoms with van der Waals surface area (Å²) in [6, 6.07) is 1.98. The Bertz CT molecular complexity index is 599. The molecule has 0 amide bonds. The highest BCUT2D eigenvalue weighted by Crippen LogP contribution is 2.29. The molecule has 0 spiro atoms. The van der Waals surface area contributed by atoms with Crippen molar-refractivity contribution in [3.8, 4) is 0 Å². The number of hydrazine groups is 1. The summed E-state index contributed by atoms with van der Waals surface area (Å²) in [4.78, 5) is 4.00. The molecule has 1 aromatic carbocycles. The van der Waals surface area contributed by atoms with Gasteiger partial charge in [-0.3, -0.25) is 5.84 Å². The number of nitrogen functional groups attached to an aromatic ring is 1. The normalized spacial score (nSPS) is 10.9. The van der Waals surface area contributed by atoms with Gasteiger partial charge in [0.1, 0.15) is 5.52 Å². The standard InChI is InChI=1S/C12H12F3N3/c1-2-3-6-4-9(18-16)10-11(15)7(13)5-8(14)12(10)17-6/h4-5H,2-3,16H2,1H3,(H,17,18). The molecule has 0 saturated heterocycles. The Labute approximate surface area is 102 Å². The molecule has 0 unspecified atom stereocenters. The Morgan fingerprint density at radius 2 is 1.94 bits per heavy atom. The predicted molar refractivity (Wildman–Crippen MR) is 63.4 cm³/mol. The Kier molecular flexibility index (Phi) is 3.38. The number of fused-ring (bicyclic) bond motifs is 1. The summed E-state index contributed by atoms with van der Waals surface area (Å²) in [5.41, 5.74) is 2.73. The van der Waals surface area contributed by atoms with E-state index >= 15 is 0 Å². The second kappa shape index (κ2) is 4.81. The molecule has 1 heterocycles. The number of aryl methyl sites for hydroxylation is 1. The number of hydrogen-bond acceptors (Lipinski definition) is 3. The van der Waals surface area contributed by atoms with E-state index < -0.39 is 17.5 Å². The molecule has 3 N–H and O–H groups in total. The van der Waals surface area contributed by atoms with Crippen LogP contribution in [-0.2, 0) is 6.42 Å². The van der Waals surface area contributed by atoms with Crippen molar-refractivity contribution in [3.05, 3.63) is 35.3 Å². The summed E-state index contributed by atoms with van der Waals surface area (Å²) in [5, 5.41) is -0.269. The first-order valence-corrected chi connectivity index (χ1v) is 5.52. The number of nitrogens with one attached hydrogen (secondary N) is 1. The number of rotatable bonds is 3. The number of benzene rings is 1. The number of aromatic nitrogens is 1. The molecule has 0 saturated carbocycles. The van der Waals surface area contributed by atoms with Gasteiger partial charge in [-0.25, -0.2) is 18.2 Å². The smallest absolute Gasteiger partial charge is 0.170 e. The number of nitrogens with zero attached hydrogens (tertiary/aromatic N) is 1. The third kappa shape index (κ3) is 1.99. The quantitative estimate of drug-likeness (QED) is 0.503. The minimum Gasteiger partial charge on any atom is -0.323 e. The summed E-state index contributed by atoms with van der Waals surface area (Å²) in [5.74, 6) is 1.94. The Hall–Kier alpha value is -1.82. The lowest BCUT2D eigenvalue weighted by atomic mass is 10.1. The lowest BCUT2D eigenvalue weighted by Gasteiger charge is -2.10. The van der Waals surface area contributed by atoms with E-state index in [1.54, 1.807) is 0 Å². The molecule has 0 bridgehead atoms. The molecule has 0 atom stereocenters. The SMILES string of the molecule is CCCc1cc(NN)c2c(F)c(F)cc(F)c2n1. The zero-order valence-corrected chi connectivity index (χ0v) is 9.73. The summed E-state index contributed by atoms with van der Waals surface area (Å²) in [6.45, 7) is 1.93. The van der Waals surface area contributed by atoms with Gasteiger partial charge in [0.25, 0.3) is 0 Å². The predicted octanol–water partition coefficient (Wildman–Crippen LogP) is 2.89. The van der Waals surface area contributed by atoms with Crippen molar-refractivity contribution in [3.63, 3.8) is 0 Å². The summed E-state index contributed by atoms with van der Waals surface area (Å²) in [6.07, 6.45) is 1.40. The minimum absolute atomic E-state index is 0.124. The van der Waals surface area contributed by atoms with Crippen molar-refractivity contribution in [2.75, 3.05) is 5.43 Å². The van der Waals surface area contributed by atoms with Gasteiger partial charge in [0.2, 0.25) is 0 Å². The van der Waals surface area contributed by atoms with Crippen LogP contribution in [0.4, 0.5) is 18.9 Å². The molecule has 96 valence electrons. The zero-order chi connectivity index (χ0) is 13.3. The highest BCUT2D eigenvalue weighted by Gasteiger charge is 2.17. The van der Waals surface area contributed by atoms with Crippen LogP contribution in [0.3, 0.4) is 0 Å². The molecule has 18 heavy (non-hydrogen) atoms. The molecule has 2 aromatic rings. The first-order chi connectivity index (χ1) is 8.58. The molecule has 2 rings (SSSR count). The van der Waals surface area contributed by atoms with Gasteiger partial charge in [0.05, 0.1) is 11.1 Å². The van der Waals surface area contributed by atoms with Gasteiger partial charge in [0, 0.05) is 11.8 Å². The Morgan fingerprint density at radius 3 is 2.56 bits per heavy atom. The van der Waals surface area contributed by atoms with Crippen LogP contribution in [0.1, 0.15) is 19.0 Å². The van der Waals surface area contributed by atoms with Crippen LogP contribution in [0, 0.1) is 17.5 Å². The molecule has 3 nitrogen and oxygen atoms in total. The van der Waals surface area contributed by atoms with Gasteiger partial charge in [0.15, 0.2) is 17.5 Å². The molecule has 0 aliphatic carbocycles. The van der Waals surface area contributed by atoms with Gasteiger partial charge in [-0.2, -0.15) is 0 Å². The van der Waals surface area contributed by atoms with Crippen LogP contribution in [0.5, 0.6) is 0 Å². The summed E-state index contributed by atoms with van der Waals surface area (Å²) >= 11 is 0. The van der Waals surface area contributed by atoms with Gasteiger partial charge in [-0.1, -0.05) is 13.3 Å². The maximum absolute atomic E-state index is 13.7. The van der Waals surface area contributed by atoms with E-state index in [0.717, 1.165) is 6.42 Å². The third-order valence-electron chi connectivity index (χ3n) is 2.64. The monoisotopic (exact) mass is 255 g/mol. The second-order valence-corrected chi connectivity index (χ2v) is 3.93. The number of pyridine rings is 1. The van der Waals surface area contributed by atoms with Crippen molar-refractivity contribution in [1.29, 1.82) is 0 Å². The maximum atomic E-state index is 13.7. The number of nitrogens with two attached hydrogens (primary N) is 1. The average molecular weight is 255 g/mol. The minimum atomic E-state index is -1.26. The lowest BCUT2D eigenvalue weighted by Crippen LogP contribution is -2.10. The highest BCUT2D eigenvalue weighted by molar-refractivity contribution is 5.92. The van der Waals surface area contributed by atoms with Crippen LogP contribution >= 0.6 is 0 Å². The second-order valence-electron chi connectivity index (χ2n) is 3.93. The van der Waals surface area contributed by atoms with E-state index in [9.17, 15) is 13.2 Å². The van der Waals surface area contributed by atoms with Crippen LogP contribution in [-0.4, -0.2) is 4.98 Å². The zero-order valence-electron chi connectivity index (χ0n) is 9.73. The molecule has 0 aliphatic rings. The topological polar surface area (TPSA) is 50.9 Å². The fourth-order valence-electron chi connectivity index (χ4n) is 1.85. The van der Waals surface area contributed by atoms with Crippen molar-refractivity contribution < 1.29 is 13.2 Å². The lowest BCUT2D eigenvalue weighted by molar-refractivity contribution is 0.505. The number of anilines is 1. The number of halogens is 3. The van der Waals surface area contributed by atoms with Crippen molar-refractivity contribution in [1.82, 2.24) is 4.98 Å². The first kappa shape index (κ1) is 12.6. The molecule has 6 heteroatoms. The maximum Gasteiger partial charge on any atom is 0.170 e. The van der Waals surface area contributed by atoms with Gasteiger partial charge in [-0.05, 0) is 12.5 Å². The fraction of sp³-hybridized carbons (Fsp3) is 0.250. The number of hydrogen-bond donors (Lipinski definition) is 2. The van der Waals surface area contributed by atoms with Crippen LogP contribution < -0.4 is 11.3 Å². The highest BCUT2D eigenvalue weighted by atomic mass is 19.2. The van der Waals surface area contributed by atoms with Crippen LogP contribution in [0.25, 0.3) is 10.9 Å². The van der Waals surface area contributed by atoms with Crippen LogP contribution in [0.2, 0.25) is 0 Å². The summed E-state index contributed by atoms with van der Waals surface area (Å²) in [7, 11) is 0. The van der Waals surface area contributed by atoms with E-state index in [4.69, 9.17) is 5.84 Å². The van der Waals surface area contributed by atoms with E-state index in [1.165, 1.54) is 6.07 Å². The third-order valence-corrected chi connectivity index (χ3v) is 2.64. The largest absolute Gasteiger partial charge is 0.323 e. The molecule has 1 aromatic heterocycles. The first-order valence-electron chi connectivity index (χ1n) is 5.52. The van der Waals surface area contributed by atoms with Crippen molar-refractivity contribution in [2.45, 2.75) is 19.8 Å². The Morgan fingerprint density at radius 1 is 1.22 bits per heavy atom. The molecule has 0 fully saturated rings. The molecule has 0 radical (unpaired) electrons.